The normalized spacial score (nSPS) is 15.7. The first-order valence-corrected chi connectivity index (χ1v) is 13.9. The van der Waals surface area contributed by atoms with Gasteiger partial charge in [0.25, 0.3) is 12.0 Å². The second-order valence-corrected chi connectivity index (χ2v) is 10.8. The maximum atomic E-state index is 13.8. The summed E-state index contributed by atoms with van der Waals surface area (Å²) in [5.41, 5.74) is 3.93. The van der Waals surface area contributed by atoms with Gasteiger partial charge in [-0.15, -0.1) is 0 Å². The topological polar surface area (TPSA) is 65.6 Å². The van der Waals surface area contributed by atoms with Gasteiger partial charge in [0, 0.05) is 24.4 Å². The van der Waals surface area contributed by atoms with E-state index in [9.17, 15) is 18.0 Å². The molecule has 2 aliphatic carbocycles. The lowest BCUT2D eigenvalue weighted by molar-refractivity contribution is 0.141. The molecule has 0 aliphatic heterocycles. The second kappa shape index (κ2) is 12.2. The quantitative estimate of drug-likeness (QED) is 0.258. The van der Waals surface area contributed by atoms with E-state index in [-0.39, 0.29) is 35.1 Å². The van der Waals surface area contributed by atoms with Crippen molar-refractivity contribution >= 4 is 0 Å². The predicted molar refractivity (Wildman–Crippen MR) is 148 cm³/mol. The molecular formula is C31H34F3N5O. The summed E-state index contributed by atoms with van der Waals surface area (Å²) in [4.78, 5) is 18.0. The third kappa shape index (κ3) is 6.35. The van der Waals surface area contributed by atoms with E-state index in [0.29, 0.717) is 17.2 Å². The van der Waals surface area contributed by atoms with Crippen LogP contribution in [-0.4, -0.2) is 24.5 Å². The summed E-state index contributed by atoms with van der Waals surface area (Å²) >= 11 is 0. The van der Waals surface area contributed by atoms with E-state index in [2.05, 4.69) is 21.2 Å². The van der Waals surface area contributed by atoms with Gasteiger partial charge >= 0.3 is 0 Å². The number of hydrogen-bond donors (Lipinski definition) is 0. The number of alkyl halides is 2. The Morgan fingerprint density at radius 1 is 0.975 bits per heavy atom. The van der Waals surface area contributed by atoms with Gasteiger partial charge < -0.3 is 0 Å². The average Bonchev–Trinajstić information content (AvgIpc) is 3.71. The highest BCUT2D eigenvalue weighted by atomic mass is 19.3. The summed E-state index contributed by atoms with van der Waals surface area (Å²) in [6, 6.07) is 12.2. The average molecular weight is 550 g/mol. The van der Waals surface area contributed by atoms with Crippen molar-refractivity contribution < 1.29 is 13.2 Å². The molecule has 0 unspecified atom stereocenters. The Kier molecular flexibility index (Phi) is 8.47. The fraction of sp³-hybridized carbons (Fsp3) is 0.419. The molecule has 6 rings (SSSR count). The molecule has 0 radical (unpaired) electrons. The standard InChI is InChI=1S/C24H27F2N5O.C7H7F/c1-30-22(23(25)26)19(13-28-30)20-12-18(15-6-3-2-4-7-15)24(32)31(29-20)14-21-17(16-9-10-16)8-5-11-27-21;1-6-3-2-4-7(8)5-6/h5,8,11-13,15-16,23H,2-4,6-7,9-10,14H2,1H3;2-5H,1H3. The lowest BCUT2D eigenvalue weighted by Crippen LogP contribution is -2.30. The van der Waals surface area contributed by atoms with Crippen molar-refractivity contribution in [2.75, 3.05) is 0 Å². The molecule has 2 fully saturated rings. The van der Waals surface area contributed by atoms with Gasteiger partial charge in [-0.25, -0.2) is 17.9 Å². The molecule has 0 N–H and O–H groups in total. The minimum Gasteiger partial charge on any atom is -0.267 e. The van der Waals surface area contributed by atoms with Gasteiger partial charge in [-0.1, -0.05) is 37.5 Å². The summed E-state index contributed by atoms with van der Waals surface area (Å²) < 4.78 is 42.3. The van der Waals surface area contributed by atoms with Crippen molar-refractivity contribution in [3.63, 3.8) is 0 Å². The third-order valence-electron chi connectivity index (χ3n) is 7.74. The Morgan fingerprint density at radius 3 is 2.38 bits per heavy atom. The molecule has 1 aromatic carbocycles. The smallest absolute Gasteiger partial charge is 0.267 e. The van der Waals surface area contributed by atoms with E-state index in [1.807, 2.05) is 19.1 Å². The van der Waals surface area contributed by atoms with Crippen LogP contribution in [0.5, 0.6) is 0 Å². The zero-order chi connectivity index (χ0) is 28.2. The van der Waals surface area contributed by atoms with E-state index in [4.69, 9.17) is 0 Å². The minimum absolute atomic E-state index is 0.127. The monoisotopic (exact) mass is 549 g/mol. The molecule has 9 heteroatoms. The van der Waals surface area contributed by atoms with Gasteiger partial charge in [-0.3, -0.25) is 14.5 Å². The molecule has 40 heavy (non-hydrogen) atoms. The van der Waals surface area contributed by atoms with Crippen LogP contribution in [0, 0.1) is 12.7 Å². The number of halogens is 3. The first-order valence-electron chi connectivity index (χ1n) is 13.9. The Bertz CT molecular complexity index is 1500. The number of hydrogen-bond acceptors (Lipinski definition) is 4. The first-order chi connectivity index (χ1) is 19.3. The highest BCUT2D eigenvalue weighted by Gasteiger charge is 2.28. The summed E-state index contributed by atoms with van der Waals surface area (Å²) in [7, 11) is 1.50. The van der Waals surface area contributed by atoms with Crippen LogP contribution >= 0.6 is 0 Å². The summed E-state index contributed by atoms with van der Waals surface area (Å²) in [5.74, 6) is 0.451. The Balaban J connectivity index is 0.000000348. The third-order valence-corrected chi connectivity index (χ3v) is 7.74. The Hall–Kier alpha value is -3.75. The van der Waals surface area contributed by atoms with E-state index in [0.717, 1.165) is 55.3 Å². The van der Waals surface area contributed by atoms with Crippen LogP contribution in [0.4, 0.5) is 13.2 Å². The lowest BCUT2D eigenvalue weighted by Gasteiger charge is -2.22. The van der Waals surface area contributed by atoms with Crippen LogP contribution in [0.1, 0.15) is 91.3 Å². The predicted octanol–water partition coefficient (Wildman–Crippen LogP) is 7.08. The highest BCUT2D eigenvalue weighted by Crippen LogP contribution is 2.41. The maximum Gasteiger partial charge on any atom is 0.280 e. The van der Waals surface area contributed by atoms with E-state index >= 15 is 0 Å². The fourth-order valence-electron chi connectivity index (χ4n) is 5.51. The lowest BCUT2D eigenvalue weighted by atomic mass is 9.84. The fourth-order valence-corrected chi connectivity index (χ4v) is 5.51. The van der Waals surface area contributed by atoms with Gasteiger partial charge in [-0.05, 0) is 79.8 Å². The largest absolute Gasteiger partial charge is 0.280 e. The molecule has 2 aliphatic rings. The molecule has 0 spiro atoms. The summed E-state index contributed by atoms with van der Waals surface area (Å²) in [6.07, 6.45) is 7.90. The van der Waals surface area contributed by atoms with E-state index in [1.165, 1.54) is 41.2 Å². The number of aryl methyl sites for hydroxylation is 2. The van der Waals surface area contributed by atoms with Crippen LogP contribution in [0.25, 0.3) is 11.3 Å². The maximum absolute atomic E-state index is 13.8. The van der Waals surface area contributed by atoms with Crippen LogP contribution in [0.2, 0.25) is 0 Å². The highest BCUT2D eigenvalue weighted by molar-refractivity contribution is 5.62. The van der Waals surface area contributed by atoms with Crippen molar-refractivity contribution in [2.24, 2.45) is 7.05 Å². The molecule has 4 aromatic rings. The van der Waals surface area contributed by atoms with Gasteiger partial charge in [0.2, 0.25) is 0 Å². The minimum atomic E-state index is -2.69. The number of aromatic nitrogens is 5. The molecule has 210 valence electrons. The van der Waals surface area contributed by atoms with Crippen molar-refractivity contribution in [3.05, 3.63) is 99.1 Å². The van der Waals surface area contributed by atoms with E-state index in [1.54, 1.807) is 18.3 Å². The van der Waals surface area contributed by atoms with Crippen molar-refractivity contribution in [3.8, 4) is 11.3 Å². The molecular weight excluding hydrogens is 515 g/mol. The Morgan fingerprint density at radius 2 is 1.73 bits per heavy atom. The SMILES string of the molecule is Cc1cccc(F)c1.Cn1ncc(-c2cc(C3CCCCC3)c(=O)n(Cc3ncccc3C3CC3)n2)c1C(F)F. The van der Waals surface area contributed by atoms with Crippen LogP contribution in [-0.2, 0) is 13.6 Å². The molecule has 3 heterocycles. The number of benzene rings is 1. The molecule has 0 atom stereocenters. The molecule has 6 nitrogen and oxygen atoms in total. The second-order valence-electron chi connectivity index (χ2n) is 10.8. The molecule has 3 aromatic heterocycles. The van der Waals surface area contributed by atoms with Crippen molar-refractivity contribution in [1.82, 2.24) is 24.5 Å². The van der Waals surface area contributed by atoms with Gasteiger partial charge in [0.05, 0.1) is 24.1 Å². The number of pyridine rings is 1. The van der Waals surface area contributed by atoms with Crippen LogP contribution in [0.15, 0.2) is 59.7 Å². The van der Waals surface area contributed by atoms with Crippen LogP contribution in [0.3, 0.4) is 0 Å². The number of rotatable bonds is 6. The summed E-state index contributed by atoms with van der Waals surface area (Å²) in [5, 5.41) is 8.58. The van der Waals surface area contributed by atoms with E-state index < -0.39 is 6.43 Å². The molecule has 0 amide bonds. The molecule has 0 saturated heterocycles. The van der Waals surface area contributed by atoms with Crippen LogP contribution < -0.4 is 5.56 Å². The van der Waals surface area contributed by atoms with Crippen molar-refractivity contribution in [2.45, 2.75) is 76.7 Å². The molecule has 2 saturated carbocycles. The zero-order valence-electron chi connectivity index (χ0n) is 22.9. The number of nitrogens with zero attached hydrogens (tertiary/aromatic N) is 5. The van der Waals surface area contributed by atoms with Gasteiger partial charge in [0.1, 0.15) is 11.5 Å². The van der Waals surface area contributed by atoms with Gasteiger partial charge in [-0.2, -0.15) is 10.2 Å². The summed E-state index contributed by atoms with van der Waals surface area (Å²) in [6.45, 7) is 2.10. The van der Waals surface area contributed by atoms with Crippen molar-refractivity contribution in [1.29, 1.82) is 0 Å². The van der Waals surface area contributed by atoms with Gasteiger partial charge in [0.15, 0.2) is 0 Å². The molecule has 0 bridgehead atoms. The first kappa shape index (κ1) is 27.8. The zero-order valence-corrected chi connectivity index (χ0v) is 22.9. The Labute approximate surface area is 231 Å².